The van der Waals surface area contributed by atoms with Crippen LogP contribution in [0.15, 0.2) is 21.6 Å². The number of aromatic nitrogens is 1. The molecule has 26 heavy (non-hydrogen) atoms. The fourth-order valence-electron chi connectivity index (χ4n) is 2.35. The summed E-state index contributed by atoms with van der Waals surface area (Å²) >= 11 is 5.22. The topological polar surface area (TPSA) is 67.8 Å². The molecule has 0 aliphatic heterocycles. The number of hydrogen-bond acceptors (Lipinski definition) is 5. The number of nitrogens with zero attached hydrogens (tertiary/aromatic N) is 2. The summed E-state index contributed by atoms with van der Waals surface area (Å²) in [6.45, 7) is 8.12. The molecule has 0 saturated carbocycles. The number of halogens is 1. The molecule has 142 valence electrons. The van der Waals surface area contributed by atoms with E-state index in [1.807, 2.05) is 26.0 Å². The van der Waals surface area contributed by atoms with Crippen molar-refractivity contribution in [2.75, 3.05) is 20.8 Å². The van der Waals surface area contributed by atoms with Gasteiger partial charge in [0.25, 0.3) is 0 Å². The van der Waals surface area contributed by atoms with Crippen LogP contribution in [0.5, 0.6) is 11.5 Å². The zero-order valence-electron chi connectivity index (χ0n) is 15.8. The molecule has 0 radical (unpaired) electrons. The molecular formula is C18H25BrN4O2S. The molecule has 0 atom stereocenters. The van der Waals surface area contributed by atoms with Crippen LogP contribution in [-0.4, -0.2) is 31.7 Å². The molecule has 0 amide bonds. The first-order valence-electron chi connectivity index (χ1n) is 8.34. The normalized spacial score (nSPS) is 11.4. The number of methoxy groups -OCH3 is 2. The van der Waals surface area contributed by atoms with E-state index in [9.17, 15) is 0 Å². The summed E-state index contributed by atoms with van der Waals surface area (Å²) in [6, 6.07) is 3.92. The Kier molecular flexibility index (Phi) is 7.71. The zero-order valence-corrected chi connectivity index (χ0v) is 18.2. The summed E-state index contributed by atoms with van der Waals surface area (Å²) < 4.78 is 11.6. The molecule has 1 heterocycles. The number of benzene rings is 1. The lowest BCUT2D eigenvalue weighted by molar-refractivity contribution is 0.352. The maximum Gasteiger partial charge on any atom is 0.191 e. The molecule has 8 heteroatoms. The third-order valence-corrected chi connectivity index (χ3v) is 5.40. The summed E-state index contributed by atoms with van der Waals surface area (Å²) in [5, 5.41) is 7.65. The Morgan fingerprint density at radius 3 is 2.58 bits per heavy atom. The van der Waals surface area contributed by atoms with Crippen LogP contribution in [0.25, 0.3) is 0 Å². The fourth-order valence-corrected chi connectivity index (χ4v) is 3.87. The van der Waals surface area contributed by atoms with Crippen LogP contribution in [-0.2, 0) is 13.1 Å². The average molecular weight is 441 g/mol. The van der Waals surface area contributed by atoms with Crippen molar-refractivity contribution >= 4 is 33.2 Å². The van der Waals surface area contributed by atoms with Gasteiger partial charge in [0.1, 0.15) is 5.01 Å². The van der Waals surface area contributed by atoms with Gasteiger partial charge in [0, 0.05) is 11.4 Å². The second-order valence-electron chi connectivity index (χ2n) is 5.61. The summed E-state index contributed by atoms with van der Waals surface area (Å²) in [6.07, 6.45) is 0. The molecule has 0 aliphatic rings. The third-order valence-electron chi connectivity index (χ3n) is 3.74. The van der Waals surface area contributed by atoms with Gasteiger partial charge in [-0.05, 0) is 54.4 Å². The predicted molar refractivity (Wildman–Crippen MR) is 110 cm³/mol. The van der Waals surface area contributed by atoms with Gasteiger partial charge in [-0.15, -0.1) is 11.3 Å². The molecule has 0 fully saturated rings. The van der Waals surface area contributed by atoms with Gasteiger partial charge in [0.15, 0.2) is 17.5 Å². The first-order chi connectivity index (χ1) is 12.5. The lowest BCUT2D eigenvalue weighted by atomic mass is 10.2. The number of thiazole rings is 1. The number of aryl methyl sites for hydroxylation is 2. The monoisotopic (exact) mass is 440 g/mol. The van der Waals surface area contributed by atoms with Crippen LogP contribution < -0.4 is 20.1 Å². The van der Waals surface area contributed by atoms with Crippen molar-refractivity contribution in [3.63, 3.8) is 0 Å². The molecule has 2 N–H and O–H groups in total. The molecule has 0 bridgehead atoms. The highest BCUT2D eigenvalue weighted by Gasteiger charge is 2.11. The van der Waals surface area contributed by atoms with Crippen molar-refractivity contribution in [3.8, 4) is 11.5 Å². The zero-order chi connectivity index (χ0) is 19.1. The minimum Gasteiger partial charge on any atom is -0.493 e. The molecule has 0 aliphatic carbocycles. The summed E-state index contributed by atoms with van der Waals surface area (Å²) in [4.78, 5) is 10.5. The van der Waals surface area contributed by atoms with Crippen LogP contribution >= 0.6 is 27.3 Å². The summed E-state index contributed by atoms with van der Waals surface area (Å²) in [7, 11) is 3.25. The number of hydrogen-bond donors (Lipinski definition) is 2. The van der Waals surface area contributed by atoms with E-state index in [-0.39, 0.29) is 0 Å². The highest BCUT2D eigenvalue weighted by molar-refractivity contribution is 9.10. The molecule has 1 aromatic carbocycles. The maximum absolute atomic E-state index is 5.39. The van der Waals surface area contributed by atoms with Crippen LogP contribution in [0.1, 0.15) is 28.1 Å². The largest absolute Gasteiger partial charge is 0.493 e. The third kappa shape index (κ3) is 5.35. The number of aliphatic imine (C=N–C) groups is 1. The highest BCUT2D eigenvalue weighted by atomic mass is 79.9. The quantitative estimate of drug-likeness (QED) is 0.506. The van der Waals surface area contributed by atoms with E-state index in [1.165, 1.54) is 4.88 Å². The molecule has 0 saturated heterocycles. The van der Waals surface area contributed by atoms with Crippen LogP contribution in [0, 0.1) is 13.8 Å². The van der Waals surface area contributed by atoms with Crippen LogP contribution in [0.2, 0.25) is 0 Å². The van der Waals surface area contributed by atoms with Crippen molar-refractivity contribution in [2.24, 2.45) is 4.99 Å². The second kappa shape index (κ2) is 9.78. The van der Waals surface area contributed by atoms with Crippen molar-refractivity contribution in [1.82, 2.24) is 15.6 Å². The van der Waals surface area contributed by atoms with E-state index in [0.717, 1.165) is 33.2 Å². The summed E-state index contributed by atoms with van der Waals surface area (Å²) in [5.41, 5.74) is 2.11. The Balaban J connectivity index is 2.09. The van der Waals surface area contributed by atoms with Crippen molar-refractivity contribution in [3.05, 3.63) is 37.7 Å². The van der Waals surface area contributed by atoms with Gasteiger partial charge in [0.2, 0.25) is 0 Å². The first kappa shape index (κ1) is 20.5. The molecule has 0 unspecified atom stereocenters. The summed E-state index contributed by atoms with van der Waals surface area (Å²) in [5.74, 6) is 2.11. The van der Waals surface area contributed by atoms with Crippen molar-refractivity contribution < 1.29 is 9.47 Å². The van der Waals surface area contributed by atoms with Gasteiger partial charge in [-0.1, -0.05) is 0 Å². The highest BCUT2D eigenvalue weighted by Crippen LogP contribution is 2.36. The molecule has 1 aromatic heterocycles. The van der Waals surface area contributed by atoms with Gasteiger partial charge in [-0.3, -0.25) is 0 Å². The maximum atomic E-state index is 5.39. The minimum absolute atomic E-state index is 0.518. The number of guanidine groups is 1. The first-order valence-corrected chi connectivity index (χ1v) is 9.94. The molecule has 2 rings (SSSR count). The predicted octanol–water partition coefficient (Wildman–Crippen LogP) is 3.79. The van der Waals surface area contributed by atoms with Crippen molar-refractivity contribution in [1.29, 1.82) is 0 Å². The Bertz CT molecular complexity index is 757. The average Bonchev–Trinajstić information content (AvgIpc) is 2.94. The molecule has 6 nitrogen and oxygen atoms in total. The SMILES string of the molecule is CCNC(=NCc1cc(Br)c(OC)c(OC)c1)NCc1nc(C)c(C)s1. The van der Waals surface area contributed by atoms with E-state index in [1.54, 1.807) is 25.6 Å². The van der Waals surface area contributed by atoms with E-state index in [0.29, 0.717) is 24.6 Å². The van der Waals surface area contributed by atoms with Gasteiger partial charge >= 0.3 is 0 Å². The smallest absolute Gasteiger partial charge is 0.191 e. The molecule has 0 spiro atoms. The lowest BCUT2D eigenvalue weighted by Crippen LogP contribution is -2.36. The fraction of sp³-hybridized carbons (Fsp3) is 0.444. The van der Waals surface area contributed by atoms with Gasteiger partial charge in [0.05, 0.1) is 37.5 Å². The Labute approximate surface area is 167 Å². The number of nitrogens with one attached hydrogen (secondary N) is 2. The van der Waals surface area contributed by atoms with Gasteiger partial charge in [-0.25, -0.2) is 9.98 Å². The van der Waals surface area contributed by atoms with Crippen molar-refractivity contribution in [2.45, 2.75) is 33.9 Å². The number of ether oxygens (including phenoxy) is 2. The standard InChI is InChI=1S/C18H25BrN4O2S/c1-6-20-18(22-10-16-23-11(2)12(3)26-16)21-9-13-7-14(19)17(25-5)15(8-13)24-4/h7-8H,6,9-10H2,1-5H3,(H2,20,21,22). The second-order valence-corrected chi connectivity index (χ2v) is 7.75. The minimum atomic E-state index is 0.518. The Morgan fingerprint density at radius 2 is 2.00 bits per heavy atom. The van der Waals surface area contributed by atoms with Gasteiger partial charge < -0.3 is 20.1 Å². The van der Waals surface area contributed by atoms with E-state index in [4.69, 9.17) is 9.47 Å². The lowest BCUT2D eigenvalue weighted by Gasteiger charge is -2.12. The molecule has 2 aromatic rings. The van der Waals surface area contributed by atoms with Gasteiger partial charge in [-0.2, -0.15) is 0 Å². The number of rotatable bonds is 7. The van der Waals surface area contributed by atoms with E-state index < -0.39 is 0 Å². The van der Waals surface area contributed by atoms with E-state index in [2.05, 4.69) is 43.5 Å². The Morgan fingerprint density at radius 1 is 1.23 bits per heavy atom. The van der Waals surface area contributed by atoms with Crippen LogP contribution in [0.4, 0.5) is 0 Å². The molecular weight excluding hydrogens is 416 g/mol. The Hall–Kier alpha value is -1.80. The van der Waals surface area contributed by atoms with E-state index >= 15 is 0 Å². The van der Waals surface area contributed by atoms with Crippen LogP contribution in [0.3, 0.4) is 0 Å².